The van der Waals surface area contributed by atoms with E-state index in [1.54, 1.807) is 6.92 Å². The van der Waals surface area contributed by atoms with E-state index in [9.17, 15) is 13.2 Å². The van der Waals surface area contributed by atoms with Crippen LogP contribution in [0.1, 0.15) is 12.6 Å². The van der Waals surface area contributed by atoms with Crippen molar-refractivity contribution in [3.05, 3.63) is 23.9 Å². The van der Waals surface area contributed by atoms with Gasteiger partial charge in [0.05, 0.1) is 0 Å². The highest BCUT2D eigenvalue weighted by atomic mass is 19.4. The van der Waals surface area contributed by atoms with Gasteiger partial charge in [0.25, 0.3) is 0 Å². The first kappa shape index (κ1) is 11.8. The number of nitrogens with zero attached hydrogens (tertiary/aromatic N) is 1. The Hall–Kier alpha value is -1.30. The fourth-order valence-corrected chi connectivity index (χ4v) is 0.984. The molecule has 1 rings (SSSR count). The van der Waals surface area contributed by atoms with E-state index in [1.807, 2.05) is 0 Å². The average molecular weight is 219 g/mol. The molecule has 15 heavy (non-hydrogen) atoms. The van der Waals surface area contributed by atoms with Crippen molar-refractivity contribution in [1.82, 2.24) is 4.98 Å². The summed E-state index contributed by atoms with van der Waals surface area (Å²) < 4.78 is 36.8. The molecule has 1 atom stereocenters. The van der Waals surface area contributed by atoms with Crippen molar-refractivity contribution < 1.29 is 13.2 Å². The van der Waals surface area contributed by atoms with Crippen LogP contribution in [-0.4, -0.2) is 17.6 Å². The first-order valence-electron chi connectivity index (χ1n) is 4.44. The van der Waals surface area contributed by atoms with Crippen molar-refractivity contribution in [2.75, 3.05) is 11.9 Å². The minimum absolute atomic E-state index is 0.110. The third-order valence-corrected chi connectivity index (χ3v) is 1.79. The lowest BCUT2D eigenvalue weighted by atomic mass is 10.3. The predicted molar refractivity (Wildman–Crippen MR) is 51.4 cm³/mol. The molecule has 6 heteroatoms. The Morgan fingerprint density at radius 1 is 1.47 bits per heavy atom. The van der Waals surface area contributed by atoms with Crippen LogP contribution in [-0.2, 0) is 6.18 Å². The lowest BCUT2D eigenvalue weighted by Gasteiger charge is -2.13. The Morgan fingerprint density at radius 3 is 2.67 bits per heavy atom. The third-order valence-electron chi connectivity index (χ3n) is 1.79. The molecule has 0 aromatic carbocycles. The summed E-state index contributed by atoms with van der Waals surface area (Å²) in [4.78, 5) is 3.44. The molecule has 1 heterocycles. The highest BCUT2D eigenvalue weighted by Gasteiger charge is 2.32. The zero-order chi connectivity index (χ0) is 11.5. The lowest BCUT2D eigenvalue weighted by molar-refractivity contribution is -0.141. The monoisotopic (exact) mass is 219 g/mol. The standard InChI is InChI=1S/C9H12F3N3/c1-6(5-13)14-8-4-2-3-7(15-8)9(10,11)12/h2-4,6H,5,13H2,1H3,(H,14,15). The molecule has 0 amide bonds. The van der Waals surface area contributed by atoms with Gasteiger partial charge >= 0.3 is 6.18 Å². The Bertz CT molecular complexity index is 325. The summed E-state index contributed by atoms with van der Waals surface area (Å²) in [5.74, 6) is 0.183. The molecule has 84 valence electrons. The van der Waals surface area contributed by atoms with E-state index >= 15 is 0 Å². The molecule has 1 unspecified atom stereocenters. The topological polar surface area (TPSA) is 50.9 Å². The van der Waals surface area contributed by atoms with E-state index in [2.05, 4.69) is 10.3 Å². The Labute approximate surface area is 85.5 Å². The second kappa shape index (κ2) is 4.48. The van der Waals surface area contributed by atoms with Gasteiger partial charge in [0.15, 0.2) is 0 Å². The van der Waals surface area contributed by atoms with Gasteiger partial charge in [-0.15, -0.1) is 0 Å². The molecule has 0 radical (unpaired) electrons. The van der Waals surface area contributed by atoms with Crippen LogP contribution >= 0.6 is 0 Å². The Kier molecular flexibility index (Phi) is 3.52. The van der Waals surface area contributed by atoms with Gasteiger partial charge < -0.3 is 11.1 Å². The summed E-state index contributed by atoms with van der Waals surface area (Å²) >= 11 is 0. The molecule has 3 nitrogen and oxygen atoms in total. The normalized spacial score (nSPS) is 13.7. The van der Waals surface area contributed by atoms with Crippen molar-refractivity contribution >= 4 is 5.82 Å². The van der Waals surface area contributed by atoms with Crippen molar-refractivity contribution in [3.63, 3.8) is 0 Å². The maximum absolute atomic E-state index is 12.3. The third kappa shape index (κ3) is 3.39. The molecular formula is C9H12F3N3. The fraction of sp³-hybridized carbons (Fsp3) is 0.444. The minimum Gasteiger partial charge on any atom is -0.366 e. The highest BCUT2D eigenvalue weighted by molar-refractivity contribution is 5.36. The molecule has 0 aliphatic heterocycles. The number of pyridine rings is 1. The molecule has 1 aromatic heterocycles. The second-order valence-corrected chi connectivity index (χ2v) is 3.19. The van der Waals surface area contributed by atoms with Crippen LogP contribution in [0.15, 0.2) is 18.2 Å². The number of nitrogens with one attached hydrogen (secondary N) is 1. The van der Waals surface area contributed by atoms with Gasteiger partial charge in [-0.1, -0.05) is 6.07 Å². The fourth-order valence-electron chi connectivity index (χ4n) is 0.984. The number of alkyl halides is 3. The van der Waals surface area contributed by atoms with Crippen molar-refractivity contribution in [3.8, 4) is 0 Å². The first-order valence-corrected chi connectivity index (χ1v) is 4.44. The Morgan fingerprint density at radius 2 is 2.13 bits per heavy atom. The van der Waals surface area contributed by atoms with Gasteiger partial charge in [-0.05, 0) is 19.1 Å². The van der Waals surface area contributed by atoms with Gasteiger partial charge in [-0.2, -0.15) is 13.2 Å². The van der Waals surface area contributed by atoms with Crippen LogP contribution in [0, 0.1) is 0 Å². The van der Waals surface area contributed by atoms with Crippen LogP contribution in [0.2, 0.25) is 0 Å². The SMILES string of the molecule is CC(CN)Nc1cccc(C(F)(F)F)n1. The first-order chi connectivity index (χ1) is 6.93. The minimum atomic E-state index is -4.41. The molecule has 0 aliphatic rings. The smallest absolute Gasteiger partial charge is 0.366 e. The van der Waals surface area contributed by atoms with E-state index < -0.39 is 11.9 Å². The number of aromatic nitrogens is 1. The summed E-state index contributed by atoms with van der Waals surface area (Å²) in [6.45, 7) is 2.10. The number of nitrogens with two attached hydrogens (primary N) is 1. The quantitative estimate of drug-likeness (QED) is 0.815. The van der Waals surface area contributed by atoms with Gasteiger partial charge in [-0.25, -0.2) is 4.98 Å². The van der Waals surface area contributed by atoms with Crippen molar-refractivity contribution in [2.45, 2.75) is 19.1 Å². The van der Waals surface area contributed by atoms with Gasteiger partial charge in [0.2, 0.25) is 0 Å². The summed E-state index contributed by atoms with van der Waals surface area (Å²) in [6.07, 6.45) is -4.41. The van der Waals surface area contributed by atoms with E-state index in [0.29, 0.717) is 6.54 Å². The molecule has 0 saturated heterocycles. The largest absolute Gasteiger partial charge is 0.433 e. The van der Waals surface area contributed by atoms with E-state index in [-0.39, 0.29) is 11.9 Å². The van der Waals surface area contributed by atoms with E-state index in [4.69, 9.17) is 5.73 Å². The Balaban J connectivity index is 2.84. The van der Waals surface area contributed by atoms with Gasteiger partial charge in [0.1, 0.15) is 11.5 Å². The number of halogens is 3. The average Bonchev–Trinajstić information content (AvgIpc) is 2.17. The van der Waals surface area contributed by atoms with E-state index in [1.165, 1.54) is 12.1 Å². The summed E-state index contributed by atoms with van der Waals surface area (Å²) in [5, 5.41) is 2.77. The van der Waals surface area contributed by atoms with E-state index in [0.717, 1.165) is 6.07 Å². The van der Waals surface area contributed by atoms with Crippen LogP contribution in [0.5, 0.6) is 0 Å². The number of hydrogen-bond donors (Lipinski definition) is 2. The maximum Gasteiger partial charge on any atom is 0.433 e. The zero-order valence-corrected chi connectivity index (χ0v) is 8.17. The van der Waals surface area contributed by atoms with Crippen LogP contribution in [0.25, 0.3) is 0 Å². The summed E-state index contributed by atoms with van der Waals surface area (Å²) in [6, 6.07) is 3.60. The van der Waals surface area contributed by atoms with Gasteiger partial charge in [0, 0.05) is 12.6 Å². The van der Waals surface area contributed by atoms with Crippen molar-refractivity contribution in [1.29, 1.82) is 0 Å². The molecule has 3 N–H and O–H groups in total. The second-order valence-electron chi connectivity index (χ2n) is 3.19. The number of hydrogen-bond acceptors (Lipinski definition) is 3. The molecule has 0 spiro atoms. The molecule has 1 aromatic rings. The summed E-state index contributed by atoms with van der Waals surface area (Å²) in [5.41, 5.74) is 4.43. The van der Waals surface area contributed by atoms with Crippen LogP contribution in [0.4, 0.5) is 19.0 Å². The molecule has 0 fully saturated rings. The molecule has 0 aliphatic carbocycles. The van der Waals surface area contributed by atoms with Crippen molar-refractivity contribution in [2.24, 2.45) is 5.73 Å². The number of rotatable bonds is 3. The van der Waals surface area contributed by atoms with Crippen LogP contribution < -0.4 is 11.1 Å². The lowest BCUT2D eigenvalue weighted by Crippen LogP contribution is -2.26. The molecule has 0 saturated carbocycles. The summed E-state index contributed by atoms with van der Waals surface area (Å²) in [7, 11) is 0. The van der Waals surface area contributed by atoms with Gasteiger partial charge in [-0.3, -0.25) is 0 Å². The predicted octanol–water partition coefficient (Wildman–Crippen LogP) is 1.86. The molecule has 0 bridgehead atoms. The highest BCUT2D eigenvalue weighted by Crippen LogP contribution is 2.28. The molecular weight excluding hydrogens is 207 g/mol. The van der Waals surface area contributed by atoms with Crippen LogP contribution in [0.3, 0.4) is 0 Å². The maximum atomic E-state index is 12.3. The number of anilines is 1. The zero-order valence-electron chi connectivity index (χ0n) is 8.17.